The maximum Gasteiger partial charge on any atom is 0.119 e. The Balaban J connectivity index is 1.62. The van der Waals surface area contributed by atoms with E-state index in [1.54, 1.807) is 12.1 Å². The summed E-state index contributed by atoms with van der Waals surface area (Å²) in [5.41, 5.74) is 6.35. The van der Waals surface area contributed by atoms with E-state index in [0.29, 0.717) is 138 Å². The maximum atomic E-state index is 5.64. The van der Waals surface area contributed by atoms with Gasteiger partial charge in [-0.05, 0) is 41.5 Å². The Kier molecular flexibility index (Phi) is 33.7. The van der Waals surface area contributed by atoms with Gasteiger partial charge in [0.15, 0.2) is 0 Å². The summed E-state index contributed by atoms with van der Waals surface area (Å²) in [5.74, 6) is 0.774. The van der Waals surface area contributed by atoms with Gasteiger partial charge in [-0.15, -0.1) is 0 Å². The monoisotopic (exact) mass is 759 g/mol. The minimum atomic E-state index is 0.478. The van der Waals surface area contributed by atoms with Crippen molar-refractivity contribution in [3.63, 3.8) is 0 Å². The van der Waals surface area contributed by atoms with Crippen LogP contribution < -0.4 is 10.5 Å². The number of nitrogen functional groups attached to an aromatic ring is 1. The van der Waals surface area contributed by atoms with E-state index in [0.717, 1.165) is 18.8 Å². The van der Waals surface area contributed by atoms with Crippen molar-refractivity contribution in [2.45, 2.75) is 25.7 Å². The lowest BCUT2D eigenvalue weighted by Gasteiger charge is -2.09. The molecule has 1 aromatic carbocycles. The zero-order valence-corrected chi connectivity index (χ0v) is 29.3. The van der Waals surface area contributed by atoms with Crippen molar-refractivity contribution >= 4 is 28.3 Å². The van der Waals surface area contributed by atoms with E-state index in [1.165, 1.54) is 23.7 Å². The van der Waals surface area contributed by atoms with Gasteiger partial charge in [0.1, 0.15) is 12.4 Å². The Labute approximate surface area is 284 Å². The summed E-state index contributed by atoms with van der Waals surface area (Å²) in [6.07, 6.45) is 4.98. The molecule has 0 saturated heterocycles. The molecule has 264 valence electrons. The minimum Gasteiger partial charge on any atom is -0.491 e. The number of hydrogen-bond donors (Lipinski definition) is 1. The van der Waals surface area contributed by atoms with Gasteiger partial charge in [0.05, 0.1) is 126 Å². The first-order chi connectivity index (χ1) is 22.3. The van der Waals surface area contributed by atoms with Crippen LogP contribution in [0.2, 0.25) is 0 Å². The normalized spacial score (nSPS) is 11.4. The Morgan fingerprint density at radius 3 is 0.978 bits per heavy atom. The molecule has 0 bridgehead atoms. The fourth-order valence-electron chi connectivity index (χ4n) is 3.52. The minimum absolute atomic E-state index is 0.478. The predicted molar refractivity (Wildman–Crippen MR) is 182 cm³/mol. The number of benzene rings is 1. The molecule has 0 heterocycles. The first kappa shape index (κ1) is 42.2. The third-order valence-corrected chi connectivity index (χ3v) is 6.66. The van der Waals surface area contributed by atoms with Crippen LogP contribution in [0.15, 0.2) is 24.3 Å². The molecule has 0 aliphatic heterocycles. The molecule has 1 aromatic rings. The number of rotatable bonds is 37. The molecule has 12 nitrogen and oxygen atoms in total. The fraction of sp³-hybridized carbons (Fsp3) is 0.812. The largest absolute Gasteiger partial charge is 0.491 e. The first-order valence-electron chi connectivity index (χ1n) is 16.1. The van der Waals surface area contributed by atoms with Crippen molar-refractivity contribution < 1.29 is 52.1 Å². The van der Waals surface area contributed by atoms with Gasteiger partial charge >= 0.3 is 0 Å². The number of ether oxygens (including phenoxy) is 11. The number of alkyl halides is 1. The molecule has 1 rings (SSSR count). The quantitative estimate of drug-likeness (QED) is 0.0459. The predicted octanol–water partition coefficient (Wildman–Crippen LogP) is 3.81. The highest BCUT2D eigenvalue weighted by Gasteiger charge is 1.97. The Morgan fingerprint density at radius 1 is 0.356 bits per heavy atom. The van der Waals surface area contributed by atoms with Crippen molar-refractivity contribution in [1.82, 2.24) is 0 Å². The molecule has 0 fully saturated rings. The van der Waals surface area contributed by atoms with E-state index < -0.39 is 0 Å². The molecular weight excluding hydrogens is 701 g/mol. The summed E-state index contributed by atoms with van der Waals surface area (Å²) in [6.45, 7) is 11.4. The molecule has 45 heavy (non-hydrogen) atoms. The molecule has 0 saturated carbocycles. The van der Waals surface area contributed by atoms with E-state index in [-0.39, 0.29) is 0 Å². The average Bonchev–Trinajstić information content (AvgIpc) is 3.05. The Morgan fingerprint density at radius 2 is 0.644 bits per heavy atom. The lowest BCUT2D eigenvalue weighted by atomic mass is 10.2. The topological polar surface area (TPSA) is 128 Å². The molecule has 0 unspecified atom stereocenters. The molecule has 2 N–H and O–H groups in total. The SMILES string of the molecule is Nc1ccc(OCCOCCOCCOCCOCCOCCOCCOCCOCCOCCOCCCCCCI)cc1. The summed E-state index contributed by atoms with van der Waals surface area (Å²) in [6, 6.07) is 7.27. The van der Waals surface area contributed by atoms with Gasteiger partial charge < -0.3 is 57.8 Å². The second-order valence-electron chi connectivity index (χ2n) is 9.64. The molecule has 0 spiro atoms. The summed E-state index contributed by atoms with van der Waals surface area (Å²) >= 11 is 2.42. The number of unbranched alkanes of at least 4 members (excludes halogenated alkanes) is 3. The van der Waals surface area contributed by atoms with Crippen LogP contribution in [0.4, 0.5) is 5.69 Å². The number of anilines is 1. The molecule has 0 radical (unpaired) electrons. The second-order valence-corrected chi connectivity index (χ2v) is 10.7. The molecule has 0 amide bonds. The number of halogens is 1. The number of nitrogens with two attached hydrogens (primary N) is 1. The van der Waals surface area contributed by atoms with Crippen molar-refractivity contribution in [3.05, 3.63) is 24.3 Å². The van der Waals surface area contributed by atoms with Gasteiger partial charge in [-0.2, -0.15) is 0 Å². The third kappa shape index (κ3) is 32.9. The van der Waals surface area contributed by atoms with Crippen LogP contribution in [0, 0.1) is 0 Å². The van der Waals surface area contributed by atoms with E-state index >= 15 is 0 Å². The lowest BCUT2D eigenvalue weighted by molar-refractivity contribution is -0.0267. The Bertz CT molecular complexity index is 706. The third-order valence-electron chi connectivity index (χ3n) is 5.90. The van der Waals surface area contributed by atoms with E-state index in [2.05, 4.69) is 22.6 Å². The van der Waals surface area contributed by atoms with Gasteiger partial charge in [0, 0.05) is 12.3 Å². The Hall–Kier alpha value is -0.850. The van der Waals surface area contributed by atoms with Gasteiger partial charge in [-0.3, -0.25) is 0 Å². The fourth-order valence-corrected chi connectivity index (χ4v) is 4.06. The zero-order valence-electron chi connectivity index (χ0n) is 27.1. The van der Waals surface area contributed by atoms with Crippen LogP contribution in [0.3, 0.4) is 0 Å². The van der Waals surface area contributed by atoms with Crippen LogP contribution in [0.1, 0.15) is 25.7 Å². The molecular formula is C32H58INO11. The van der Waals surface area contributed by atoms with Crippen molar-refractivity contribution in [3.8, 4) is 5.75 Å². The summed E-state index contributed by atoms with van der Waals surface area (Å²) in [4.78, 5) is 0. The van der Waals surface area contributed by atoms with Gasteiger partial charge in [0.2, 0.25) is 0 Å². The summed E-state index contributed by atoms with van der Waals surface area (Å²) in [5, 5.41) is 0. The smallest absolute Gasteiger partial charge is 0.119 e. The van der Waals surface area contributed by atoms with Crippen molar-refractivity contribution in [2.24, 2.45) is 0 Å². The highest BCUT2D eigenvalue weighted by Crippen LogP contribution is 2.12. The van der Waals surface area contributed by atoms with E-state index in [4.69, 9.17) is 57.8 Å². The second kappa shape index (κ2) is 36.0. The van der Waals surface area contributed by atoms with Gasteiger partial charge in [-0.25, -0.2) is 0 Å². The van der Waals surface area contributed by atoms with E-state index in [9.17, 15) is 0 Å². The van der Waals surface area contributed by atoms with Crippen LogP contribution in [-0.4, -0.2) is 143 Å². The van der Waals surface area contributed by atoms with Crippen molar-refractivity contribution in [1.29, 1.82) is 0 Å². The zero-order chi connectivity index (χ0) is 32.1. The maximum absolute atomic E-state index is 5.64. The molecule has 0 aliphatic rings. The van der Waals surface area contributed by atoms with Gasteiger partial charge in [0.25, 0.3) is 0 Å². The average molecular weight is 760 g/mol. The van der Waals surface area contributed by atoms with Crippen LogP contribution in [-0.2, 0) is 47.4 Å². The first-order valence-corrected chi connectivity index (χ1v) is 17.7. The summed E-state index contributed by atoms with van der Waals surface area (Å²) in [7, 11) is 0. The highest BCUT2D eigenvalue weighted by atomic mass is 127. The van der Waals surface area contributed by atoms with Crippen molar-refractivity contribution in [2.75, 3.05) is 149 Å². The highest BCUT2D eigenvalue weighted by molar-refractivity contribution is 14.1. The standard InChI is InChI=1S/C32H58INO11/c33-9-3-1-2-4-10-35-11-12-36-13-14-37-15-16-38-17-18-39-19-20-40-21-22-41-23-24-42-25-26-43-27-28-44-29-30-45-32-7-5-31(34)6-8-32/h5-8H,1-4,9-30,34H2. The molecule has 0 atom stereocenters. The van der Waals surface area contributed by atoms with Crippen LogP contribution >= 0.6 is 22.6 Å². The van der Waals surface area contributed by atoms with Crippen LogP contribution in [0.5, 0.6) is 5.75 Å². The van der Waals surface area contributed by atoms with Crippen LogP contribution in [0.25, 0.3) is 0 Å². The number of hydrogen-bond acceptors (Lipinski definition) is 12. The molecule has 0 aliphatic carbocycles. The molecule has 13 heteroatoms. The summed E-state index contributed by atoms with van der Waals surface area (Å²) < 4.78 is 61.7. The van der Waals surface area contributed by atoms with Gasteiger partial charge in [-0.1, -0.05) is 35.4 Å². The molecule has 0 aromatic heterocycles. The lowest BCUT2D eigenvalue weighted by Crippen LogP contribution is -2.15. The van der Waals surface area contributed by atoms with E-state index in [1.807, 2.05) is 12.1 Å².